The number of nitriles is 1. The lowest BCUT2D eigenvalue weighted by molar-refractivity contribution is -0.181. The maximum Gasteiger partial charge on any atom is 0.333 e. The van der Waals surface area contributed by atoms with Gasteiger partial charge in [0, 0.05) is 47.9 Å². The number of Topliss-reactive ketones (excluding diaryl/α,β-unsaturated/α-hetero) is 1. The van der Waals surface area contributed by atoms with Gasteiger partial charge in [-0.15, -0.1) is 11.6 Å². The number of carbonyl (C=O) groups excluding carboxylic acids is 3. The number of nitrogens with zero attached hydrogens (tertiary/aromatic N) is 2. The molecule has 7 aliphatic rings. The van der Waals surface area contributed by atoms with Gasteiger partial charge in [0.1, 0.15) is 28.8 Å². The summed E-state index contributed by atoms with van der Waals surface area (Å²) in [6.07, 6.45) is 12.0. The van der Waals surface area contributed by atoms with Crippen molar-refractivity contribution in [1.82, 2.24) is 4.90 Å². The first-order chi connectivity index (χ1) is 26.8. The van der Waals surface area contributed by atoms with E-state index in [1.165, 1.54) is 12.7 Å². The Morgan fingerprint density at radius 2 is 1.79 bits per heavy atom. The molecular weight excluding hydrogens is 746 g/mol. The van der Waals surface area contributed by atoms with E-state index in [1.54, 1.807) is 24.9 Å². The smallest absolute Gasteiger partial charge is 0.333 e. The highest BCUT2D eigenvalue weighted by Gasteiger charge is 2.84. The first-order valence-electron chi connectivity index (χ1n) is 19.5. The van der Waals surface area contributed by atoms with Gasteiger partial charge in [0.2, 0.25) is 0 Å². The second-order valence-corrected chi connectivity index (χ2v) is 17.6. The minimum absolute atomic E-state index is 0.00314. The Kier molecular flexibility index (Phi) is 9.89. The molecule has 4 heterocycles. The molecule has 3 aliphatic carbocycles. The molecule has 2 N–H and O–H groups in total. The second-order valence-electron chi connectivity index (χ2n) is 17.3. The van der Waals surface area contributed by atoms with E-state index in [1.807, 2.05) is 46.8 Å². The fourth-order valence-electron chi connectivity index (χ4n) is 10.2. The zero-order valence-corrected chi connectivity index (χ0v) is 35.2. The molecule has 12 heteroatoms. The van der Waals surface area contributed by atoms with Crippen LogP contribution in [0, 0.1) is 29.1 Å². The molecule has 302 valence electrons. The summed E-state index contributed by atoms with van der Waals surface area (Å²) in [7, 11) is 3.08. The predicted octanol–water partition coefficient (Wildman–Crippen LogP) is 7.62. The van der Waals surface area contributed by atoms with Crippen LogP contribution in [0.15, 0.2) is 58.0 Å². The Morgan fingerprint density at radius 3 is 2.42 bits per heavy atom. The Hall–Kier alpha value is -4.79. The van der Waals surface area contributed by atoms with E-state index in [0.29, 0.717) is 64.3 Å². The molecule has 1 spiro atoms. The third-order valence-corrected chi connectivity index (χ3v) is 12.9. The first kappa shape index (κ1) is 40.4. The summed E-state index contributed by atoms with van der Waals surface area (Å²) in [5.74, 6) is -2.46. The van der Waals surface area contributed by atoms with Crippen LogP contribution in [-0.2, 0) is 30.3 Å². The quantitative estimate of drug-likeness (QED) is 0.0819. The minimum atomic E-state index is -1.63. The molecule has 11 nitrogen and oxygen atoms in total. The summed E-state index contributed by atoms with van der Waals surface area (Å²) in [4.78, 5) is 43.2. The summed E-state index contributed by atoms with van der Waals surface area (Å²) in [5.41, 5.74) is 7.91. The van der Waals surface area contributed by atoms with Crippen LogP contribution < -0.4 is 19.9 Å². The third kappa shape index (κ3) is 5.80. The lowest BCUT2D eigenvalue weighted by Gasteiger charge is -2.63. The van der Waals surface area contributed by atoms with Gasteiger partial charge in [0.05, 0.1) is 41.2 Å². The summed E-state index contributed by atoms with van der Waals surface area (Å²) >= 11 is 6.13. The number of hydrogen-bond donors (Lipinski definition) is 1. The van der Waals surface area contributed by atoms with Crippen LogP contribution in [0.2, 0.25) is 0 Å². The Labute approximate surface area is 339 Å². The molecule has 6 atom stereocenters. The number of rotatable bonds is 10. The van der Waals surface area contributed by atoms with Crippen LogP contribution in [-0.4, -0.2) is 65.1 Å². The number of alkyl halides is 1. The number of methoxy groups -OCH3 is 1. The number of ketones is 1. The zero-order valence-electron chi connectivity index (χ0n) is 34.5. The molecule has 1 aromatic rings. The van der Waals surface area contributed by atoms with Crippen molar-refractivity contribution in [3.8, 4) is 23.3 Å². The van der Waals surface area contributed by atoms with Crippen LogP contribution >= 0.6 is 11.6 Å². The molecule has 4 fully saturated rings. The van der Waals surface area contributed by atoms with Gasteiger partial charge in [-0.3, -0.25) is 9.59 Å². The van der Waals surface area contributed by atoms with E-state index in [0.717, 1.165) is 12.0 Å². The Balaban J connectivity index is 1.61. The van der Waals surface area contributed by atoms with Crippen molar-refractivity contribution in [3.05, 3.63) is 74.7 Å². The summed E-state index contributed by atoms with van der Waals surface area (Å²) in [6, 6.07) is 2.35. The average Bonchev–Trinajstić information content (AvgIpc) is 3.30. The standard InChI is InChI=1S/C45H52ClN3O8/c1-23(2)12-11-17-43(8)18-16-27-36(55-43)26(14-13-24(3)4)38-33(37(27)54-31(50)21-46)35-34-32(29(22-47)40(48)49(35)9)28-20-30-42(6,7)57-44(39(28)51,45(30,34)56-38)19-15-25(5)41(52)53-10/h12-13,15-16,18,28,30,32H,11,14,17,19-21,48H2,1-10H3/b25-15-. The molecule has 6 unspecified atom stereocenters. The fraction of sp³-hybridized carbons (Fsp3) is 0.511. The molecule has 4 aliphatic heterocycles. The SMILES string of the molecule is COC(=O)/C(C)=C\CC12OC(C)(C)C3CC(C1=O)C1C(C#N)=C(N)N(C)C4=C1C32Oc1c(CC=C(C)C)c2c(c(OC(=O)CCl)c14)C=CC(C)(CCC=C(C)C)O2. The van der Waals surface area contributed by atoms with E-state index in [9.17, 15) is 14.9 Å². The normalized spacial score (nSPS) is 29.7. The third-order valence-electron chi connectivity index (χ3n) is 12.7. The van der Waals surface area contributed by atoms with Crippen molar-refractivity contribution in [1.29, 1.82) is 5.26 Å². The van der Waals surface area contributed by atoms with E-state index in [4.69, 9.17) is 41.0 Å². The maximum atomic E-state index is 15.3. The number of ether oxygens (including phenoxy) is 5. The molecule has 1 saturated heterocycles. The summed E-state index contributed by atoms with van der Waals surface area (Å²) in [6.45, 7) is 15.7. The predicted molar refractivity (Wildman–Crippen MR) is 216 cm³/mol. The summed E-state index contributed by atoms with van der Waals surface area (Å²) in [5, 5.41) is 10.7. The van der Waals surface area contributed by atoms with Gasteiger partial charge >= 0.3 is 11.9 Å². The summed E-state index contributed by atoms with van der Waals surface area (Å²) < 4.78 is 33.1. The molecular formula is C45H52ClN3O8. The van der Waals surface area contributed by atoms with E-state index in [2.05, 4.69) is 32.1 Å². The van der Waals surface area contributed by atoms with E-state index < -0.39 is 58.0 Å². The number of fused-ring (bicyclic) bond motifs is 3. The lowest BCUT2D eigenvalue weighted by atomic mass is 9.44. The second kappa shape index (κ2) is 13.9. The first-order valence-corrected chi connectivity index (χ1v) is 20.1. The minimum Gasteiger partial charge on any atom is -0.482 e. The van der Waals surface area contributed by atoms with Crippen molar-refractivity contribution < 1.29 is 38.1 Å². The highest BCUT2D eigenvalue weighted by molar-refractivity contribution is 6.26. The number of nitrogens with two attached hydrogens (primary N) is 1. The number of halogens is 1. The maximum absolute atomic E-state index is 15.3. The van der Waals surface area contributed by atoms with Gasteiger partial charge in [0.25, 0.3) is 0 Å². The van der Waals surface area contributed by atoms with Crippen molar-refractivity contribution in [2.75, 3.05) is 20.0 Å². The van der Waals surface area contributed by atoms with Gasteiger partial charge in [-0.05, 0) is 93.2 Å². The number of allylic oxidation sites excluding steroid dienone is 5. The number of esters is 2. The largest absolute Gasteiger partial charge is 0.482 e. The van der Waals surface area contributed by atoms with Gasteiger partial charge in [-0.25, -0.2) is 4.79 Å². The van der Waals surface area contributed by atoms with Crippen molar-refractivity contribution in [2.45, 2.75) is 110 Å². The van der Waals surface area contributed by atoms with Crippen LogP contribution in [0.4, 0.5) is 0 Å². The highest BCUT2D eigenvalue weighted by Crippen LogP contribution is 2.74. The molecule has 0 amide bonds. The van der Waals surface area contributed by atoms with Crippen LogP contribution in [0.1, 0.15) is 97.8 Å². The van der Waals surface area contributed by atoms with Crippen LogP contribution in [0.25, 0.3) is 11.8 Å². The molecule has 3 saturated carbocycles. The van der Waals surface area contributed by atoms with E-state index in [-0.39, 0.29) is 29.3 Å². The van der Waals surface area contributed by atoms with Gasteiger partial charge in [-0.2, -0.15) is 5.26 Å². The van der Waals surface area contributed by atoms with Crippen molar-refractivity contribution >= 4 is 41.1 Å². The monoisotopic (exact) mass is 797 g/mol. The Bertz CT molecular complexity index is 2230. The fourth-order valence-corrected chi connectivity index (χ4v) is 10.2. The topological polar surface area (TPSA) is 150 Å². The van der Waals surface area contributed by atoms with Gasteiger partial charge in [-0.1, -0.05) is 29.4 Å². The van der Waals surface area contributed by atoms with Gasteiger partial charge in [0.15, 0.2) is 22.7 Å². The zero-order chi connectivity index (χ0) is 41.6. The number of benzene rings is 1. The average molecular weight is 798 g/mol. The van der Waals surface area contributed by atoms with Crippen LogP contribution in [0.3, 0.4) is 0 Å². The number of carbonyl (C=O) groups is 3. The van der Waals surface area contributed by atoms with E-state index >= 15 is 4.79 Å². The molecule has 4 bridgehead atoms. The van der Waals surface area contributed by atoms with Gasteiger partial charge < -0.3 is 34.3 Å². The van der Waals surface area contributed by atoms with Crippen molar-refractivity contribution in [3.63, 3.8) is 0 Å². The van der Waals surface area contributed by atoms with Crippen molar-refractivity contribution in [2.24, 2.45) is 23.5 Å². The molecule has 0 radical (unpaired) electrons. The molecule has 57 heavy (non-hydrogen) atoms. The number of hydrogen-bond acceptors (Lipinski definition) is 11. The molecule has 8 rings (SSSR count). The molecule has 1 aromatic carbocycles. The lowest BCUT2D eigenvalue weighted by Crippen LogP contribution is -2.75. The Morgan fingerprint density at radius 1 is 1.09 bits per heavy atom. The molecule has 0 aromatic heterocycles. The highest BCUT2D eigenvalue weighted by atomic mass is 35.5. The van der Waals surface area contributed by atoms with Crippen LogP contribution in [0.5, 0.6) is 17.2 Å².